The maximum Gasteiger partial charge on any atom is 0.263 e. The van der Waals surface area contributed by atoms with E-state index in [9.17, 15) is 0 Å². The summed E-state index contributed by atoms with van der Waals surface area (Å²) in [5, 5.41) is 25.0. The van der Waals surface area contributed by atoms with Crippen molar-refractivity contribution in [2.75, 3.05) is 18.5 Å². The molecule has 0 radical (unpaired) electrons. The average molecular weight is 171 g/mol. The molecule has 0 fully saturated rings. The molecule has 0 amide bonds. The summed E-state index contributed by atoms with van der Waals surface area (Å²) in [4.78, 5) is 0. The van der Waals surface area contributed by atoms with Crippen LogP contribution in [0.4, 0.5) is 5.95 Å². The zero-order valence-corrected chi connectivity index (χ0v) is 7.20. The molecular weight excluding hydrogens is 158 g/mol. The van der Waals surface area contributed by atoms with Crippen molar-refractivity contribution in [2.24, 2.45) is 5.41 Å². The highest BCUT2D eigenvalue weighted by Crippen LogP contribution is 2.12. The first kappa shape index (κ1) is 8.92. The number of nitrogens with zero attached hydrogens (tertiary/aromatic N) is 3. The van der Waals surface area contributed by atoms with Crippen molar-refractivity contribution in [3.63, 3.8) is 0 Å². The molecule has 1 heterocycles. The third-order valence-corrected chi connectivity index (χ3v) is 1.50. The SMILES string of the molecule is CC(C)(CO)CNc1nn[nH]n1. The minimum Gasteiger partial charge on any atom is -0.396 e. The predicted molar refractivity (Wildman–Crippen MR) is 43.5 cm³/mol. The van der Waals surface area contributed by atoms with E-state index in [0.29, 0.717) is 12.5 Å². The Balaban J connectivity index is 2.36. The van der Waals surface area contributed by atoms with Crippen LogP contribution in [-0.4, -0.2) is 38.9 Å². The van der Waals surface area contributed by atoms with Crippen LogP contribution in [0.25, 0.3) is 0 Å². The first-order valence-corrected chi connectivity index (χ1v) is 3.72. The first-order chi connectivity index (χ1) is 5.64. The van der Waals surface area contributed by atoms with E-state index in [1.54, 1.807) is 0 Å². The lowest BCUT2D eigenvalue weighted by Gasteiger charge is -2.20. The normalized spacial score (nSPS) is 11.6. The summed E-state index contributed by atoms with van der Waals surface area (Å²) in [5.41, 5.74) is -0.166. The van der Waals surface area contributed by atoms with Crippen LogP contribution < -0.4 is 5.32 Å². The summed E-state index contributed by atoms with van der Waals surface area (Å²) >= 11 is 0. The monoisotopic (exact) mass is 171 g/mol. The number of hydrogen-bond donors (Lipinski definition) is 3. The largest absolute Gasteiger partial charge is 0.396 e. The summed E-state index contributed by atoms with van der Waals surface area (Å²) in [6, 6.07) is 0. The van der Waals surface area contributed by atoms with Gasteiger partial charge in [-0.05, 0) is 5.21 Å². The Morgan fingerprint density at radius 1 is 1.58 bits per heavy atom. The fraction of sp³-hybridized carbons (Fsp3) is 0.833. The molecule has 6 heteroatoms. The van der Waals surface area contributed by atoms with E-state index in [0.717, 1.165) is 0 Å². The third-order valence-electron chi connectivity index (χ3n) is 1.50. The van der Waals surface area contributed by atoms with Crippen molar-refractivity contribution < 1.29 is 5.11 Å². The first-order valence-electron chi connectivity index (χ1n) is 3.72. The number of aromatic amines is 1. The van der Waals surface area contributed by atoms with Crippen molar-refractivity contribution in [3.8, 4) is 0 Å². The summed E-state index contributed by atoms with van der Waals surface area (Å²) < 4.78 is 0. The van der Waals surface area contributed by atoms with Crippen LogP contribution in [0.15, 0.2) is 0 Å². The lowest BCUT2D eigenvalue weighted by atomic mass is 9.95. The van der Waals surface area contributed by atoms with Gasteiger partial charge in [-0.1, -0.05) is 18.9 Å². The minimum atomic E-state index is -0.166. The topological polar surface area (TPSA) is 86.7 Å². The lowest BCUT2D eigenvalue weighted by molar-refractivity contribution is 0.170. The van der Waals surface area contributed by atoms with Crippen molar-refractivity contribution >= 4 is 5.95 Å². The molecule has 1 aromatic heterocycles. The van der Waals surface area contributed by atoms with E-state index in [1.165, 1.54) is 0 Å². The number of tetrazole rings is 1. The summed E-state index contributed by atoms with van der Waals surface area (Å²) in [6.07, 6.45) is 0. The van der Waals surface area contributed by atoms with E-state index in [-0.39, 0.29) is 12.0 Å². The predicted octanol–water partition coefficient (Wildman–Crippen LogP) is -0.370. The quantitative estimate of drug-likeness (QED) is 0.575. The van der Waals surface area contributed by atoms with Crippen LogP contribution in [-0.2, 0) is 0 Å². The van der Waals surface area contributed by atoms with Crippen molar-refractivity contribution in [1.82, 2.24) is 20.6 Å². The van der Waals surface area contributed by atoms with Crippen LogP contribution >= 0.6 is 0 Å². The van der Waals surface area contributed by atoms with Crippen LogP contribution in [0.1, 0.15) is 13.8 Å². The molecule has 0 spiro atoms. The molecule has 0 aliphatic heterocycles. The lowest BCUT2D eigenvalue weighted by Crippen LogP contribution is -2.27. The van der Waals surface area contributed by atoms with Gasteiger partial charge in [0, 0.05) is 18.6 Å². The van der Waals surface area contributed by atoms with Gasteiger partial charge in [-0.15, -0.1) is 5.10 Å². The maximum absolute atomic E-state index is 8.92. The van der Waals surface area contributed by atoms with E-state index in [4.69, 9.17) is 5.11 Å². The highest BCUT2D eigenvalue weighted by molar-refractivity contribution is 5.19. The van der Waals surface area contributed by atoms with Crippen LogP contribution in [0.2, 0.25) is 0 Å². The van der Waals surface area contributed by atoms with E-state index in [1.807, 2.05) is 13.8 Å². The molecule has 0 bridgehead atoms. The van der Waals surface area contributed by atoms with Gasteiger partial charge in [-0.2, -0.15) is 5.21 Å². The number of aromatic nitrogens is 4. The molecule has 6 nitrogen and oxygen atoms in total. The van der Waals surface area contributed by atoms with Gasteiger partial charge in [-0.3, -0.25) is 0 Å². The number of aliphatic hydroxyl groups excluding tert-OH is 1. The second kappa shape index (κ2) is 3.48. The summed E-state index contributed by atoms with van der Waals surface area (Å²) in [5.74, 6) is 0.455. The smallest absolute Gasteiger partial charge is 0.263 e. The Morgan fingerprint density at radius 3 is 2.83 bits per heavy atom. The Labute approximate surface area is 70.4 Å². The van der Waals surface area contributed by atoms with Gasteiger partial charge < -0.3 is 10.4 Å². The van der Waals surface area contributed by atoms with Crippen molar-refractivity contribution in [2.45, 2.75) is 13.8 Å². The average Bonchev–Trinajstić information content (AvgIpc) is 2.53. The molecule has 0 aliphatic carbocycles. The van der Waals surface area contributed by atoms with E-state index < -0.39 is 0 Å². The zero-order chi connectivity index (χ0) is 9.03. The Hall–Kier alpha value is -1.17. The van der Waals surface area contributed by atoms with Gasteiger partial charge in [0.15, 0.2) is 0 Å². The Morgan fingerprint density at radius 2 is 2.33 bits per heavy atom. The van der Waals surface area contributed by atoms with Gasteiger partial charge in [0.1, 0.15) is 0 Å². The standard InChI is InChI=1S/C6H13N5O/c1-6(2,4-12)3-7-5-8-10-11-9-5/h12H,3-4H2,1-2H3,(H2,7,8,9,10,11). The van der Waals surface area contributed by atoms with Gasteiger partial charge in [-0.25, -0.2) is 0 Å². The molecule has 3 N–H and O–H groups in total. The van der Waals surface area contributed by atoms with Gasteiger partial charge in [0.25, 0.3) is 5.95 Å². The fourth-order valence-electron chi connectivity index (χ4n) is 0.611. The summed E-state index contributed by atoms with van der Waals surface area (Å²) in [7, 11) is 0. The Bertz CT molecular complexity index is 220. The number of anilines is 1. The van der Waals surface area contributed by atoms with Gasteiger partial charge in [0.2, 0.25) is 0 Å². The number of aliphatic hydroxyl groups is 1. The number of rotatable bonds is 4. The number of hydrogen-bond acceptors (Lipinski definition) is 5. The van der Waals surface area contributed by atoms with E-state index >= 15 is 0 Å². The van der Waals surface area contributed by atoms with Gasteiger partial charge >= 0.3 is 0 Å². The molecule has 1 rings (SSSR count). The molecule has 0 aromatic carbocycles. The molecular formula is C6H13N5O. The van der Waals surface area contributed by atoms with Crippen LogP contribution in [0, 0.1) is 5.41 Å². The highest BCUT2D eigenvalue weighted by atomic mass is 16.3. The molecule has 68 valence electrons. The summed E-state index contributed by atoms with van der Waals surface area (Å²) in [6.45, 7) is 4.63. The minimum absolute atomic E-state index is 0.123. The molecule has 0 unspecified atom stereocenters. The molecule has 0 saturated carbocycles. The number of H-pyrrole nitrogens is 1. The maximum atomic E-state index is 8.92. The highest BCUT2D eigenvalue weighted by Gasteiger charge is 2.16. The second-order valence-electron chi connectivity index (χ2n) is 3.41. The van der Waals surface area contributed by atoms with Crippen LogP contribution in [0.5, 0.6) is 0 Å². The Kier molecular flexibility index (Phi) is 2.59. The number of nitrogens with one attached hydrogen (secondary N) is 2. The zero-order valence-electron chi connectivity index (χ0n) is 7.20. The molecule has 1 aromatic rings. The van der Waals surface area contributed by atoms with Crippen molar-refractivity contribution in [3.05, 3.63) is 0 Å². The third kappa shape index (κ3) is 2.46. The van der Waals surface area contributed by atoms with Crippen molar-refractivity contribution in [1.29, 1.82) is 0 Å². The van der Waals surface area contributed by atoms with Gasteiger partial charge in [0.05, 0.1) is 0 Å². The molecule has 0 atom stereocenters. The molecule has 0 saturated heterocycles. The molecule has 0 aliphatic rings. The fourth-order valence-corrected chi connectivity index (χ4v) is 0.611. The van der Waals surface area contributed by atoms with E-state index in [2.05, 4.69) is 25.9 Å². The van der Waals surface area contributed by atoms with Crippen LogP contribution in [0.3, 0.4) is 0 Å². The second-order valence-corrected chi connectivity index (χ2v) is 3.41. The molecule has 12 heavy (non-hydrogen) atoms.